The average molecular weight is 212 g/mol. The molecule has 0 aromatic rings. The van der Waals surface area contributed by atoms with Gasteiger partial charge in [-0.05, 0) is 38.1 Å². The highest BCUT2D eigenvalue weighted by atomic mass is 16.3. The fourth-order valence-electron chi connectivity index (χ4n) is 2.25. The van der Waals surface area contributed by atoms with Crippen LogP contribution < -0.4 is 5.32 Å². The largest absolute Gasteiger partial charge is 0.395 e. The third-order valence-electron chi connectivity index (χ3n) is 3.62. The summed E-state index contributed by atoms with van der Waals surface area (Å²) in [6.07, 6.45) is 3.98. The Labute approximate surface area is 92.8 Å². The van der Waals surface area contributed by atoms with Crippen molar-refractivity contribution in [2.45, 2.75) is 38.3 Å². The van der Waals surface area contributed by atoms with Crippen LogP contribution in [0.15, 0.2) is 0 Å². The van der Waals surface area contributed by atoms with E-state index in [0.29, 0.717) is 6.04 Å². The monoisotopic (exact) mass is 212 g/mol. The van der Waals surface area contributed by atoms with Gasteiger partial charge < -0.3 is 15.3 Å². The van der Waals surface area contributed by atoms with Gasteiger partial charge in [0.2, 0.25) is 0 Å². The first kappa shape index (κ1) is 11.4. The molecule has 0 amide bonds. The van der Waals surface area contributed by atoms with Crippen molar-refractivity contribution < 1.29 is 5.11 Å². The second-order valence-corrected chi connectivity index (χ2v) is 5.51. The smallest absolute Gasteiger partial charge is 0.0597 e. The molecule has 0 aromatic heterocycles. The zero-order chi connectivity index (χ0) is 10.8. The molecule has 3 heteroatoms. The summed E-state index contributed by atoms with van der Waals surface area (Å²) >= 11 is 0. The van der Waals surface area contributed by atoms with Crippen LogP contribution in [0.1, 0.15) is 26.2 Å². The minimum Gasteiger partial charge on any atom is -0.395 e. The highest BCUT2D eigenvalue weighted by Gasteiger charge is 2.33. The third-order valence-corrected chi connectivity index (χ3v) is 3.62. The molecule has 3 nitrogen and oxygen atoms in total. The SMILES string of the molecule is CC1CC1CN(C)CC(CO)NC1CC1. The van der Waals surface area contributed by atoms with Crippen LogP contribution in [-0.4, -0.2) is 48.8 Å². The van der Waals surface area contributed by atoms with Crippen LogP contribution in [0.3, 0.4) is 0 Å². The maximum absolute atomic E-state index is 9.26. The molecule has 0 aromatic carbocycles. The summed E-state index contributed by atoms with van der Waals surface area (Å²) in [5.74, 6) is 1.84. The van der Waals surface area contributed by atoms with Gasteiger partial charge in [0.05, 0.1) is 6.61 Å². The number of nitrogens with zero attached hydrogens (tertiary/aromatic N) is 1. The van der Waals surface area contributed by atoms with Crippen LogP contribution in [0.5, 0.6) is 0 Å². The van der Waals surface area contributed by atoms with E-state index in [4.69, 9.17) is 0 Å². The molecular formula is C12H24N2O. The first-order valence-corrected chi connectivity index (χ1v) is 6.24. The van der Waals surface area contributed by atoms with E-state index in [1.54, 1.807) is 0 Å². The van der Waals surface area contributed by atoms with Gasteiger partial charge in [0.15, 0.2) is 0 Å². The minimum atomic E-state index is 0.265. The normalized spacial score (nSPS) is 32.0. The molecule has 3 unspecified atom stereocenters. The molecular weight excluding hydrogens is 188 g/mol. The van der Waals surface area contributed by atoms with Crippen LogP contribution >= 0.6 is 0 Å². The molecule has 15 heavy (non-hydrogen) atoms. The fourth-order valence-corrected chi connectivity index (χ4v) is 2.25. The molecule has 2 aliphatic rings. The van der Waals surface area contributed by atoms with Gasteiger partial charge in [0, 0.05) is 25.2 Å². The van der Waals surface area contributed by atoms with Crippen molar-refractivity contribution in [3.05, 3.63) is 0 Å². The van der Waals surface area contributed by atoms with Crippen molar-refractivity contribution in [1.82, 2.24) is 10.2 Å². The van der Waals surface area contributed by atoms with Crippen molar-refractivity contribution in [2.75, 3.05) is 26.7 Å². The molecule has 2 rings (SSSR count). The standard InChI is InChI=1S/C12H24N2O/c1-9-5-10(9)6-14(2)7-12(8-15)13-11-3-4-11/h9-13,15H,3-8H2,1-2H3. The van der Waals surface area contributed by atoms with E-state index in [0.717, 1.165) is 18.4 Å². The lowest BCUT2D eigenvalue weighted by atomic mass is 10.2. The Kier molecular flexibility index (Phi) is 3.65. The van der Waals surface area contributed by atoms with Gasteiger partial charge >= 0.3 is 0 Å². The molecule has 0 radical (unpaired) electrons. The third kappa shape index (κ3) is 3.74. The van der Waals surface area contributed by atoms with Gasteiger partial charge in [-0.2, -0.15) is 0 Å². The van der Waals surface area contributed by atoms with Crippen molar-refractivity contribution in [3.63, 3.8) is 0 Å². The Bertz CT molecular complexity index is 206. The molecule has 2 N–H and O–H groups in total. The molecule has 2 aliphatic carbocycles. The predicted octanol–water partition coefficient (Wildman–Crippen LogP) is 0.687. The van der Waals surface area contributed by atoms with E-state index in [9.17, 15) is 5.11 Å². The molecule has 2 fully saturated rings. The van der Waals surface area contributed by atoms with Crippen molar-refractivity contribution in [3.8, 4) is 0 Å². The maximum Gasteiger partial charge on any atom is 0.0597 e. The molecule has 2 saturated carbocycles. The summed E-state index contributed by atoms with van der Waals surface area (Å²) in [6.45, 7) is 4.77. The van der Waals surface area contributed by atoms with Gasteiger partial charge in [-0.3, -0.25) is 0 Å². The van der Waals surface area contributed by atoms with Gasteiger partial charge in [0.1, 0.15) is 0 Å². The summed E-state index contributed by atoms with van der Waals surface area (Å²) < 4.78 is 0. The van der Waals surface area contributed by atoms with Gasteiger partial charge in [0.25, 0.3) is 0 Å². The number of nitrogens with one attached hydrogen (secondary N) is 1. The summed E-state index contributed by atoms with van der Waals surface area (Å²) in [7, 11) is 2.17. The van der Waals surface area contributed by atoms with Crippen LogP contribution in [-0.2, 0) is 0 Å². The van der Waals surface area contributed by atoms with E-state index in [1.165, 1.54) is 25.8 Å². The lowest BCUT2D eigenvalue weighted by Crippen LogP contribution is -2.43. The van der Waals surface area contributed by atoms with E-state index in [1.807, 2.05) is 0 Å². The highest BCUT2D eigenvalue weighted by molar-refractivity contribution is 4.88. The van der Waals surface area contributed by atoms with Crippen LogP contribution in [0.2, 0.25) is 0 Å². The number of aliphatic hydroxyl groups is 1. The summed E-state index contributed by atoms with van der Waals surface area (Å²) in [5, 5.41) is 12.7. The Morgan fingerprint density at radius 1 is 1.47 bits per heavy atom. The maximum atomic E-state index is 9.26. The molecule has 0 aliphatic heterocycles. The minimum absolute atomic E-state index is 0.265. The molecule has 0 spiro atoms. The zero-order valence-electron chi connectivity index (χ0n) is 9.95. The Morgan fingerprint density at radius 3 is 2.60 bits per heavy atom. The van der Waals surface area contributed by atoms with Crippen LogP contribution in [0.25, 0.3) is 0 Å². The fraction of sp³-hybridized carbons (Fsp3) is 1.00. The Hall–Kier alpha value is -0.120. The first-order chi connectivity index (χ1) is 7.19. The van der Waals surface area contributed by atoms with Crippen molar-refractivity contribution >= 4 is 0 Å². The summed E-state index contributed by atoms with van der Waals surface area (Å²) in [6, 6.07) is 0.965. The van der Waals surface area contributed by atoms with Crippen LogP contribution in [0, 0.1) is 11.8 Å². The van der Waals surface area contributed by atoms with Crippen LogP contribution in [0.4, 0.5) is 0 Å². The van der Waals surface area contributed by atoms with E-state index in [2.05, 4.69) is 24.2 Å². The lowest BCUT2D eigenvalue weighted by molar-refractivity contribution is 0.193. The van der Waals surface area contributed by atoms with E-state index >= 15 is 0 Å². The molecule has 3 atom stereocenters. The van der Waals surface area contributed by atoms with Crippen molar-refractivity contribution in [2.24, 2.45) is 11.8 Å². The topological polar surface area (TPSA) is 35.5 Å². The van der Waals surface area contributed by atoms with Gasteiger partial charge in [-0.1, -0.05) is 6.92 Å². The molecule has 88 valence electrons. The second-order valence-electron chi connectivity index (χ2n) is 5.51. The number of aliphatic hydroxyl groups excluding tert-OH is 1. The lowest BCUT2D eigenvalue weighted by Gasteiger charge is -2.23. The number of hydrogen-bond acceptors (Lipinski definition) is 3. The number of rotatable bonds is 7. The molecule has 0 bridgehead atoms. The predicted molar refractivity (Wildman–Crippen MR) is 61.8 cm³/mol. The van der Waals surface area contributed by atoms with E-state index in [-0.39, 0.29) is 12.6 Å². The Balaban J connectivity index is 1.63. The summed E-state index contributed by atoms with van der Waals surface area (Å²) in [4.78, 5) is 2.37. The van der Waals surface area contributed by atoms with Crippen molar-refractivity contribution in [1.29, 1.82) is 0 Å². The molecule has 0 heterocycles. The van der Waals surface area contributed by atoms with Gasteiger partial charge in [-0.25, -0.2) is 0 Å². The second kappa shape index (κ2) is 4.81. The van der Waals surface area contributed by atoms with Gasteiger partial charge in [-0.15, -0.1) is 0 Å². The summed E-state index contributed by atoms with van der Waals surface area (Å²) in [5.41, 5.74) is 0. The average Bonchev–Trinajstić information content (AvgIpc) is 3.07. The zero-order valence-corrected chi connectivity index (χ0v) is 9.95. The number of likely N-dealkylation sites (N-methyl/N-ethyl adjacent to an activating group) is 1. The molecule has 0 saturated heterocycles. The number of hydrogen-bond donors (Lipinski definition) is 2. The highest BCUT2D eigenvalue weighted by Crippen LogP contribution is 2.37. The first-order valence-electron chi connectivity index (χ1n) is 6.24. The quantitative estimate of drug-likeness (QED) is 0.652. The van der Waals surface area contributed by atoms with E-state index < -0.39 is 0 Å². The Morgan fingerprint density at radius 2 is 2.13 bits per heavy atom.